The second-order valence-corrected chi connectivity index (χ2v) is 4.87. The van der Waals surface area contributed by atoms with Gasteiger partial charge in [-0.2, -0.15) is 0 Å². The van der Waals surface area contributed by atoms with Crippen molar-refractivity contribution < 1.29 is 23.8 Å². The molecule has 0 radical (unpaired) electrons. The summed E-state index contributed by atoms with van der Waals surface area (Å²) in [5.41, 5.74) is 0.0194. The van der Waals surface area contributed by atoms with Crippen molar-refractivity contribution in [1.82, 2.24) is 0 Å². The van der Waals surface area contributed by atoms with Gasteiger partial charge in [-0.1, -0.05) is 0 Å². The maximum atomic E-state index is 12.3. The van der Waals surface area contributed by atoms with Crippen molar-refractivity contribution in [2.75, 3.05) is 25.6 Å². The molecule has 1 N–H and O–H groups in total. The monoisotopic (exact) mass is 277 g/mol. The van der Waals surface area contributed by atoms with Gasteiger partial charge in [0, 0.05) is 12.8 Å². The minimum absolute atomic E-state index is 0.185. The zero-order valence-electron chi connectivity index (χ0n) is 11.1. The van der Waals surface area contributed by atoms with E-state index < -0.39 is 11.6 Å². The van der Waals surface area contributed by atoms with Crippen LogP contribution in [0.2, 0.25) is 0 Å². The number of hydrogen-bond acceptors (Lipinski definition) is 5. The maximum absolute atomic E-state index is 12.3. The number of amides is 1. The Labute approximate surface area is 116 Å². The fourth-order valence-electron chi connectivity index (χ4n) is 2.48. The van der Waals surface area contributed by atoms with E-state index >= 15 is 0 Å². The Morgan fingerprint density at radius 2 is 2.10 bits per heavy atom. The zero-order valence-corrected chi connectivity index (χ0v) is 11.1. The summed E-state index contributed by atoms with van der Waals surface area (Å²) >= 11 is 0. The molecule has 0 aliphatic carbocycles. The van der Waals surface area contributed by atoms with Crippen LogP contribution in [0.15, 0.2) is 18.2 Å². The van der Waals surface area contributed by atoms with Gasteiger partial charge in [-0.05, 0) is 18.2 Å². The normalized spacial score (nSPS) is 19.8. The molecule has 1 spiro atoms. The van der Waals surface area contributed by atoms with Gasteiger partial charge in [-0.15, -0.1) is 0 Å². The summed E-state index contributed by atoms with van der Waals surface area (Å²) < 4.78 is 15.8. The first-order valence-corrected chi connectivity index (χ1v) is 6.45. The minimum atomic E-state index is -0.849. The predicted octanol–water partition coefficient (Wildman–Crippen LogP) is 1.35. The van der Waals surface area contributed by atoms with Crippen molar-refractivity contribution in [3.63, 3.8) is 0 Å². The van der Waals surface area contributed by atoms with Gasteiger partial charge in [0.15, 0.2) is 5.60 Å². The standard InChI is InChI=1S/C14H15NO5/c1-18-12(16)9-2-3-11-10(8-9)15-13(17)14(20-11)4-6-19-7-5-14/h2-3,8H,4-7H2,1H3,(H,15,17). The average molecular weight is 277 g/mol. The van der Waals surface area contributed by atoms with E-state index in [1.165, 1.54) is 7.11 Å². The number of hydrogen-bond donors (Lipinski definition) is 1. The predicted molar refractivity (Wildman–Crippen MR) is 69.8 cm³/mol. The summed E-state index contributed by atoms with van der Waals surface area (Å²) in [4.78, 5) is 23.8. The summed E-state index contributed by atoms with van der Waals surface area (Å²) in [6.07, 6.45) is 1.05. The molecule has 0 bridgehead atoms. The van der Waals surface area contributed by atoms with Gasteiger partial charge in [0.1, 0.15) is 5.75 Å². The number of fused-ring (bicyclic) bond motifs is 1. The van der Waals surface area contributed by atoms with Gasteiger partial charge >= 0.3 is 5.97 Å². The highest BCUT2D eigenvalue weighted by Gasteiger charge is 2.45. The highest BCUT2D eigenvalue weighted by Crippen LogP contribution is 2.38. The molecule has 1 aromatic carbocycles. The molecule has 2 aliphatic rings. The highest BCUT2D eigenvalue weighted by molar-refractivity contribution is 6.02. The van der Waals surface area contributed by atoms with Gasteiger partial charge in [-0.3, -0.25) is 4.79 Å². The van der Waals surface area contributed by atoms with Crippen molar-refractivity contribution in [3.8, 4) is 5.75 Å². The third kappa shape index (κ3) is 2.02. The second-order valence-electron chi connectivity index (χ2n) is 4.87. The molecule has 1 amide bonds. The first kappa shape index (κ1) is 12.9. The average Bonchev–Trinajstić information content (AvgIpc) is 2.48. The Morgan fingerprint density at radius 3 is 2.80 bits per heavy atom. The molecule has 1 aromatic rings. The third-order valence-electron chi connectivity index (χ3n) is 3.67. The number of nitrogens with one attached hydrogen (secondary N) is 1. The quantitative estimate of drug-likeness (QED) is 0.784. The number of methoxy groups -OCH3 is 1. The van der Waals surface area contributed by atoms with Crippen molar-refractivity contribution in [2.24, 2.45) is 0 Å². The number of rotatable bonds is 1. The van der Waals surface area contributed by atoms with Crippen molar-refractivity contribution in [2.45, 2.75) is 18.4 Å². The molecular formula is C14H15NO5. The number of carbonyl (C=O) groups is 2. The lowest BCUT2D eigenvalue weighted by Gasteiger charge is -2.39. The summed E-state index contributed by atoms with van der Waals surface area (Å²) in [6.45, 7) is 1.01. The van der Waals surface area contributed by atoms with E-state index in [1.54, 1.807) is 18.2 Å². The maximum Gasteiger partial charge on any atom is 0.337 e. The lowest BCUT2D eigenvalue weighted by molar-refractivity contribution is -0.140. The van der Waals surface area contributed by atoms with E-state index in [4.69, 9.17) is 9.47 Å². The molecule has 6 heteroatoms. The first-order chi connectivity index (χ1) is 9.64. The van der Waals surface area contributed by atoms with Crippen LogP contribution in [-0.2, 0) is 14.3 Å². The van der Waals surface area contributed by atoms with Crippen LogP contribution in [0, 0.1) is 0 Å². The Balaban J connectivity index is 1.92. The Bertz CT molecular complexity index is 563. The van der Waals surface area contributed by atoms with Crippen LogP contribution in [0.5, 0.6) is 5.75 Å². The lowest BCUT2D eigenvalue weighted by Crippen LogP contribution is -2.54. The lowest BCUT2D eigenvalue weighted by atomic mass is 9.91. The van der Waals surface area contributed by atoms with E-state index in [-0.39, 0.29) is 5.91 Å². The van der Waals surface area contributed by atoms with Crippen LogP contribution in [-0.4, -0.2) is 37.8 Å². The van der Waals surface area contributed by atoms with E-state index in [1.807, 2.05) is 0 Å². The summed E-state index contributed by atoms with van der Waals surface area (Å²) in [5.74, 6) is -0.0668. The minimum Gasteiger partial charge on any atom is -0.475 e. The molecule has 1 saturated heterocycles. The SMILES string of the molecule is COC(=O)c1ccc2c(c1)NC(=O)C1(CCOCC1)O2. The van der Waals surface area contributed by atoms with E-state index in [2.05, 4.69) is 10.1 Å². The Hall–Kier alpha value is -2.08. The van der Waals surface area contributed by atoms with Crippen LogP contribution in [0.25, 0.3) is 0 Å². The fraction of sp³-hybridized carbons (Fsp3) is 0.429. The first-order valence-electron chi connectivity index (χ1n) is 6.45. The van der Waals surface area contributed by atoms with Crippen LogP contribution >= 0.6 is 0 Å². The molecular weight excluding hydrogens is 262 g/mol. The van der Waals surface area contributed by atoms with Crippen LogP contribution < -0.4 is 10.1 Å². The van der Waals surface area contributed by atoms with Gasteiger partial charge < -0.3 is 19.5 Å². The van der Waals surface area contributed by atoms with E-state index in [0.29, 0.717) is 43.1 Å². The number of anilines is 1. The zero-order chi connectivity index (χ0) is 14.2. The second kappa shape index (κ2) is 4.79. The Morgan fingerprint density at radius 1 is 1.35 bits per heavy atom. The van der Waals surface area contributed by atoms with Gasteiger partial charge in [-0.25, -0.2) is 4.79 Å². The fourth-order valence-corrected chi connectivity index (χ4v) is 2.48. The van der Waals surface area contributed by atoms with Crippen LogP contribution in [0.4, 0.5) is 5.69 Å². The molecule has 106 valence electrons. The van der Waals surface area contributed by atoms with E-state index in [9.17, 15) is 9.59 Å². The summed E-state index contributed by atoms with van der Waals surface area (Å²) in [5, 5.41) is 2.81. The van der Waals surface area contributed by atoms with Crippen LogP contribution in [0.1, 0.15) is 23.2 Å². The number of ether oxygens (including phenoxy) is 3. The molecule has 1 fully saturated rings. The molecule has 6 nitrogen and oxygen atoms in total. The highest BCUT2D eigenvalue weighted by atomic mass is 16.5. The summed E-state index contributed by atoms with van der Waals surface area (Å²) in [7, 11) is 1.31. The van der Waals surface area contributed by atoms with Crippen molar-refractivity contribution in [3.05, 3.63) is 23.8 Å². The molecule has 2 aliphatic heterocycles. The van der Waals surface area contributed by atoms with Crippen molar-refractivity contribution in [1.29, 1.82) is 0 Å². The molecule has 20 heavy (non-hydrogen) atoms. The summed E-state index contributed by atoms with van der Waals surface area (Å²) in [6, 6.07) is 4.86. The number of benzene rings is 1. The number of esters is 1. The molecule has 0 atom stereocenters. The third-order valence-corrected chi connectivity index (χ3v) is 3.67. The van der Waals surface area contributed by atoms with Gasteiger partial charge in [0.05, 0.1) is 31.6 Å². The largest absolute Gasteiger partial charge is 0.475 e. The number of carbonyl (C=O) groups excluding carboxylic acids is 2. The Kier molecular flexibility index (Phi) is 3.10. The van der Waals surface area contributed by atoms with Crippen LogP contribution in [0.3, 0.4) is 0 Å². The van der Waals surface area contributed by atoms with Gasteiger partial charge in [0.2, 0.25) is 0 Å². The topological polar surface area (TPSA) is 73.9 Å². The molecule has 2 heterocycles. The molecule has 0 unspecified atom stereocenters. The molecule has 0 aromatic heterocycles. The smallest absolute Gasteiger partial charge is 0.337 e. The molecule has 0 saturated carbocycles. The van der Waals surface area contributed by atoms with Gasteiger partial charge in [0.25, 0.3) is 5.91 Å². The molecule has 3 rings (SSSR count). The van der Waals surface area contributed by atoms with E-state index in [0.717, 1.165) is 0 Å². The van der Waals surface area contributed by atoms with Crippen molar-refractivity contribution >= 4 is 17.6 Å².